The minimum Gasteiger partial charge on any atom is -0.350 e. The number of hydrogen-bond donors (Lipinski definition) is 1. The number of carbonyl (C=O) groups is 1. The van der Waals surface area contributed by atoms with Gasteiger partial charge in [-0.3, -0.25) is 4.79 Å². The lowest BCUT2D eigenvalue weighted by atomic mass is 10.0. The predicted molar refractivity (Wildman–Crippen MR) is 87.2 cm³/mol. The van der Waals surface area contributed by atoms with E-state index in [2.05, 4.69) is 24.4 Å². The maximum Gasteiger partial charge on any atom is 0.220 e. The first-order valence-corrected chi connectivity index (χ1v) is 7.44. The fourth-order valence-corrected chi connectivity index (χ4v) is 2.47. The topological polar surface area (TPSA) is 52.9 Å². The molecule has 0 aliphatic heterocycles. The summed E-state index contributed by atoms with van der Waals surface area (Å²) >= 11 is 0. The van der Waals surface area contributed by atoms with Gasteiger partial charge in [0, 0.05) is 6.42 Å². The van der Waals surface area contributed by atoms with Crippen molar-refractivity contribution in [2.75, 3.05) is 0 Å². The molecule has 0 heterocycles. The van der Waals surface area contributed by atoms with Crippen LogP contribution in [0.1, 0.15) is 41.6 Å². The number of benzene rings is 2. The van der Waals surface area contributed by atoms with Crippen LogP contribution in [0.25, 0.3) is 0 Å². The van der Waals surface area contributed by atoms with E-state index in [1.807, 2.05) is 37.3 Å². The molecule has 1 atom stereocenters. The predicted octanol–water partition coefficient (Wildman–Crippen LogP) is 3.68. The first-order chi connectivity index (χ1) is 10.6. The summed E-state index contributed by atoms with van der Waals surface area (Å²) in [6, 6.07) is 17.5. The van der Waals surface area contributed by atoms with E-state index >= 15 is 0 Å². The lowest BCUT2D eigenvalue weighted by molar-refractivity contribution is -0.121. The fraction of sp³-hybridized carbons (Fsp3) is 0.263. The second-order valence-corrected chi connectivity index (χ2v) is 5.45. The van der Waals surface area contributed by atoms with Gasteiger partial charge in [0.15, 0.2) is 0 Å². The molecule has 3 nitrogen and oxygen atoms in total. The van der Waals surface area contributed by atoms with Gasteiger partial charge >= 0.3 is 0 Å². The molecule has 1 amide bonds. The zero-order chi connectivity index (χ0) is 15.9. The van der Waals surface area contributed by atoms with E-state index in [4.69, 9.17) is 5.26 Å². The van der Waals surface area contributed by atoms with Crippen LogP contribution in [0.2, 0.25) is 0 Å². The number of hydrogen-bond acceptors (Lipinski definition) is 2. The summed E-state index contributed by atoms with van der Waals surface area (Å²) in [6.07, 6.45) is 1.13. The number of nitrogens with zero attached hydrogens (tertiary/aromatic N) is 1. The Morgan fingerprint density at radius 2 is 1.86 bits per heavy atom. The van der Waals surface area contributed by atoms with E-state index in [1.54, 1.807) is 12.1 Å². The largest absolute Gasteiger partial charge is 0.350 e. The summed E-state index contributed by atoms with van der Waals surface area (Å²) in [4.78, 5) is 12.1. The normalized spacial score (nSPS) is 11.5. The van der Waals surface area contributed by atoms with Crippen molar-refractivity contribution >= 4 is 5.91 Å². The molecule has 0 saturated heterocycles. The summed E-state index contributed by atoms with van der Waals surface area (Å²) in [6.45, 7) is 4.05. The molecule has 0 fully saturated rings. The molecule has 2 aromatic rings. The first-order valence-electron chi connectivity index (χ1n) is 7.44. The Kier molecular flexibility index (Phi) is 5.32. The highest BCUT2D eigenvalue weighted by Crippen LogP contribution is 2.16. The highest BCUT2D eigenvalue weighted by molar-refractivity contribution is 5.76. The van der Waals surface area contributed by atoms with Gasteiger partial charge in [-0.05, 0) is 49.1 Å². The molecule has 112 valence electrons. The number of amides is 1. The number of nitrogens with one attached hydrogen (secondary N) is 1. The maximum absolute atomic E-state index is 12.1. The summed E-state index contributed by atoms with van der Waals surface area (Å²) < 4.78 is 0. The van der Waals surface area contributed by atoms with E-state index in [-0.39, 0.29) is 11.9 Å². The minimum atomic E-state index is 0.00895. The highest BCUT2D eigenvalue weighted by Gasteiger charge is 2.11. The standard InChI is InChI=1S/C19H20N2O/c1-14-5-3-4-6-18(14)15(2)21-19(22)12-11-16-7-9-17(13-20)10-8-16/h3-10,15H,11-12H2,1-2H3,(H,21,22). The molecule has 1 N–H and O–H groups in total. The molecule has 0 aromatic heterocycles. The Morgan fingerprint density at radius 3 is 2.50 bits per heavy atom. The number of carbonyl (C=O) groups excluding carboxylic acids is 1. The van der Waals surface area contributed by atoms with Crippen molar-refractivity contribution in [3.8, 4) is 6.07 Å². The van der Waals surface area contributed by atoms with Crippen molar-refractivity contribution in [3.05, 3.63) is 70.8 Å². The molecule has 3 heteroatoms. The highest BCUT2D eigenvalue weighted by atomic mass is 16.1. The van der Waals surface area contributed by atoms with Gasteiger partial charge in [-0.25, -0.2) is 0 Å². The molecule has 0 saturated carbocycles. The molecular formula is C19H20N2O. The number of aryl methyl sites for hydroxylation is 2. The molecule has 0 aliphatic rings. The fourth-order valence-electron chi connectivity index (χ4n) is 2.47. The van der Waals surface area contributed by atoms with Crippen molar-refractivity contribution in [3.63, 3.8) is 0 Å². The Morgan fingerprint density at radius 1 is 1.18 bits per heavy atom. The van der Waals surface area contributed by atoms with E-state index < -0.39 is 0 Å². The van der Waals surface area contributed by atoms with Crippen LogP contribution in [0.15, 0.2) is 48.5 Å². The molecule has 0 aliphatic carbocycles. The van der Waals surface area contributed by atoms with E-state index in [0.717, 1.165) is 11.1 Å². The third-order valence-electron chi connectivity index (χ3n) is 3.76. The Bertz CT molecular complexity index is 683. The van der Waals surface area contributed by atoms with E-state index in [1.165, 1.54) is 5.56 Å². The summed E-state index contributed by atoms with van der Waals surface area (Å²) in [5.41, 5.74) is 4.04. The average molecular weight is 292 g/mol. The zero-order valence-corrected chi connectivity index (χ0v) is 13.0. The monoisotopic (exact) mass is 292 g/mol. The Balaban J connectivity index is 1.87. The molecular weight excluding hydrogens is 272 g/mol. The molecule has 22 heavy (non-hydrogen) atoms. The summed E-state index contributed by atoms with van der Waals surface area (Å²) in [7, 11) is 0. The van der Waals surface area contributed by atoms with Crippen LogP contribution in [-0.2, 0) is 11.2 Å². The molecule has 2 aromatic carbocycles. The SMILES string of the molecule is Cc1ccccc1C(C)NC(=O)CCc1ccc(C#N)cc1. The van der Waals surface area contributed by atoms with Crippen molar-refractivity contribution in [2.45, 2.75) is 32.7 Å². The van der Waals surface area contributed by atoms with Crippen LogP contribution in [0, 0.1) is 18.3 Å². The van der Waals surface area contributed by atoms with Crippen LogP contribution in [0.5, 0.6) is 0 Å². The van der Waals surface area contributed by atoms with Crippen molar-refractivity contribution in [1.82, 2.24) is 5.32 Å². The lowest BCUT2D eigenvalue weighted by Crippen LogP contribution is -2.27. The van der Waals surface area contributed by atoms with Crippen molar-refractivity contribution in [2.24, 2.45) is 0 Å². The molecule has 0 bridgehead atoms. The van der Waals surface area contributed by atoms with Gasteiger partial charge in [-0.1, -0.05) is 36.4 Å². The Hall–Kier alpha value is -2.60. The van der Waals surface area contributed by atoms with Crippen molar-refractivity contribution in [1.29, 1.82) is 5.26 Å². The molecule has 0 radical (unpaired) electrons. The van der Waals surface area contributed by atoms with Crippen LogP contribution < -0.4 is 5.32 Å². The third-order valence-corrected chi connectivity index (χ3v) is 3.76. The average Bonchev–Trinajstić information content (AvgIpc) is 2.53. The van der Waals surface area contributed by atoms with Gasteiger partial charge in [0.25, 0.3) is 0 Å². The van der Waals surface area contributed by atoms with Gasteiger partial charge in [0.2, 0.25) is 5.91 Å². The Labute approximate surface area is 131 Å². The van der Waals surface area contributed by atoms with Gasteiger partial charge in [-0.15, -0.1) is 0 Å². The molecule has 1 unspecified atom stereocenters. The van der Waals surface area contributed by atoms with E-state index in [0.29, 0.717) is 18.4 Å². The molecule has 2 rings (SSSR count). The molecule has 0 spiro atoms. The lowest BCUT2D eigenvalue weighted by Gasteiger charge is -2.16. The second-order valence-electron chi connectivity index (χ2n) is 5.45. The summed E-state index contributed by atoms with van der Waals surface area (Å²) in [5, 5.41) is 11.8. The van der Waals surface area contributed by atoms with Gasteiger partial charge in [0.1, 0.15) is 0 Å². The minimum absolute atomic E-state index is 0.00895. The number of rotatable bonds is 5. The van der Waals surface area contributed by atoms with E-state index in [9.17, 15) is 4.79 Å². The van der Waals surface area contributed by atoms with Gasteiger partial charge < -0.3 is 5.32 Å². The quantitative estimate of drug-likeness (QED) is 0.914. The van der Waals surface area contributed by atoms with Crippen molar-refractivity contribution < 1.29 is 4.79 Å². The van der Waals surface area contributed by atoms with Crippen LogP contribution in [0.4, 0.5) is 0 Å². The first kappa shape index (κ1) is 15.8. The zero-order valence-electron chi connectivity index (χ0n) is 13.0. The van der Waals surface area contributed by atoms with Crippen LogP contribution in [0.3, 0.4) is 0 Å². The van der Waals surface area contributed by atoms with Gasteiger partial charge in [-0.2, -0.15) is 5.26 Å². The van der Waals surface area contributed by atoms with Gasteiger partial charge in [0.05, 0.1) is 17.7 Å². The van der Waals surface area contributed by atoms with Crippen LogP contribution in [-0.4, -0.2) is 5.91 Å². The maximum atomic E-state index is 12.1. The smallest absolute Gasteiger partial charge is 0.220 e. The summed E-state index contributed by atoms with van der Waals surface area (Å²) in [5.74, 6) is 0.0418. The third kappa shape index (κ3) is 4.20. The second kappa shape index (κ2) is 7.42. The van der Waals surface area contributed by atoms with Crippen LogP contribution >= 0.6 is 0 Å². The number of nitriles is 1.